The Hall–Kier alpha value is -1.32. The predicted molar refractivity (Wildman–Crippen MR) is 65.4 cm³/mol. The number of hydrogen-bond donors (Lipinski definition) is 0. The summed E-state index contributed by atoms with van der Waals surface area (Å²) < 4.78 is 9.81. The standard InChI is InChI=1S/C13H22O4/c1-6-12(14)16-8-13(15)17-11(5)10(4)7-9(2)3/h7,9,11H,6,8H2,1-5H3. The summed E-state index contributed by atoms with van der Waals surface area (Å²) in [6.07, 6.45) is 2.01. The molecule has 1 unspecified atom stereocenters. The molecule has 0 radical (unpaired) electrons. The zero-order chi connectivity index (χ0) is 13.4. The van der Waals surface area contributed by atoms with Crippen molar-refractivity contribution >= 4 is 11.9 Å². The van der Waals surface area contributed by atoms with Gasteiger partial charge in [0.15, 0.2) is 6.61 Å². The first-order valence-electron chi connectivity index (χ1n) is 5.90. The van der Waals surface area contributed by atoms with Gasteiger partial charge >= 0.3 is 11.9 Å². The number of hydrogen-bond acceptors (Lipinski definition) is 4. The SMILES string of the molecule is CCC(=O)OCC(=O)OC(C)C(C)=CC(C)C. The van der Waals surface area contributed by atoms with E-state index in [4.69, 9.17) is 4.74 Å². The summed E-state index contributed by atoms with van der Waals surface area (Å²) in [5, 5.41) is 0. The van der Waals surface area contributed by atoms with E-state index in [1.54, 1.807) is 13.8 Å². The summed E-state index contributed by atoms with van der Waals surface area (Å²) in [4.78, 5) is 22.2. The van der Waals surface area contributed by atoms with E-state index in [0.717, 1.165) is 5.57 Å². The van der Waals surface area contributed by atoms with E-state index in [-0.39, 0.29) is 19.1 Å². The molecule has 4 nitrogen and oxygen atoms in total. The lowest BCUT2D eigenvalue weighted by molar-refractivity contribution is -0.160. The van der Waals surface area contributed by atoms with Crippen molar-refractivity contribution in [1.82, 2.24) is 0 Å². The summed E-state index contributed by atoms with van der Waals surface area (Å²) in [6.45, 7) is 9.18. The first-order chi connectivity index (χ1) is 7.86. The third-order valence-corrected chi connectivity index (χ3v) is 2.19. The Kier molecular flexibility index (Phi) is 7.26. The van der Waals surface area contributed by atoms with Crippen LogP contribution in [0.1, 0.15) is 41.0 Å². The fourth-order valence-corrected chi connectivity index (χ4v) is 1.23. The van der Waals surface area contributed by atoms with Crippen molar-refractivity contribution in [2.24, 2.45) is 5.92 Å². The van der Waals surface area contributed by atoms with Crippen molar-refractivity contribution in [1.29, 1.82) is 0 Å². The summed E-state index contributed by atoms with van der Waals surface area (Å²) in [7, 11) is 0. The molecular formula is C13H22O4. The molecule has 0 bridgehead atoms. The molecule has 0 heterocycles. The number of esters is 2. The maximum atomic E-state index is 11.3. The normalized spacial score (nSPS) is 13.4. The second-order valence-electron chi connectivity index (χ2n) is 4.30. The van der Waals surface area contributed by atoms with Crippen molar-refractivity contribution in [2.45, 2.75) is 47.1 Å². The van der Waals surface area contributed by atoms with E-state index in [1.807, 2.05) is 13.0 Å². The Morgan fingerprint density at radius 1 is 1.18 bits per heavy atom. The number of carbonyl (C=O) groups excluding carboxylic acids is 2. The van der Waals surface area contributed by atoms with Crippen LogP contribution in [0.5, 0.6) is 0 Å². The number of ether oxygens (including phenoxy) is 2. The van der Waals surface area contributed by atoms with Gasteiger partial charge < -0.3 is 9.47 Å². The minimum absolute atomic E-state index is 0.259. The van der Waals surface area contributed by atoms with Gasteiger partial charge in [0.05, 0.1) is 0 Å². The van der Waals surface area contributed by atoms with Gasteiger partial charge in [0, 0.05) is 6.42 Å². The molecule has 17 heavy (non-hydrogen) atoms. The smallest absolute Gasteiger partial charge is 0.344 e. The lowest BCUT2D eigenvalue weighted by Gasteiger charge is -2.14. The van der Waals surface area contributed by atoms with Crippen molar-refractivity contribution in [3.63, 3.8) is 0 Å². The summed E-state index contributed by atoms with van der Waals surface area (Å²) in [5.41, 5.74) is 0.996. The van der Waals surface area contributed by atoms with Crippen LogP contribution in [-0.4, -0.2) is 24.6 Å². The van der Waals surface area contributed by atoms with Crippen LogP contribution in [0.4, 0.5) is 0 Å². The molecule has 1 atom stereocenters. The highest BCUT2D eigenvalue weighted by Gasteiger charge is 2.13. The molecule has 0 aromatic heterocycles. The summed E-state index contributed by atoms with van der Waals surface area (Å²) in [6, 6.07) is 0. The van der Waals surface area contributed by atoms with Gasteiger partial charge in [0.25, 0.3) is 0 Å². The molecule has 4 heteroatoms. The quantitative estimate of drug-likeness (QED) is 0.530. The predicted octanol–water partition coefficient (Wildman–Crippen LogP) is 2.47. The highest BCUT2D eigenvalue weighted by atomic mass is 16.6. The maximum absolute atomic E-state index is 11.3. The summed E-state index contributed by atoms with van der Waals surface area (Å²) >= 11 is 0. The number of rotatable bonds is 6. The molecule has 0 fully saturated rings. The minimum Gasteiger partial charge on any atom is -0.456 e. The largest absolute Gasteiger partial charge is 0.456 e. The van der Waals surface area contributed by atoms with Crippen LogP contribution in [0.2, 0.25) is 0 Å². The topological polar surface area (TPSA) is 52.6 Å². The third-order valence-electron chi connectivity index (χ3n) is 2.19. The molecule has 0 aromatic carbocycles. The van der Waals surface area contributed by atoms with E-state index in [1.165, 1.54) is 0 Å². The molecule has 0 N–H and O–H groups in total. The van der Waals surface area contributed by atoms with Gasteiger partial charge in [-0.3, -0.25) is 4.79 Å². The average Bonchev–Trinajstić information content (AvgIpc) is 2.24. The highest BCUT2D eigenvalue weighted by Crippen LogP contribution is 2.09. The summed E-state index contributed by atoms with van der Waals surface area (Å²) in [5.74, 6) is -0.506. The molecule has 0 amide bonds. The van der Waals surface area contributed by atoms with Crippen molar-refractivity contribution in [3.05, 3.63) is 11.6 Å². The first-order valence-corrected chi connectivity index (χ1v) is 5.90. The minimum atomic E-state index is -0.518. The maximum Gasteiger partial charge on any atom is 0.344 e. The molecule has 98 valence electrons. The van der Waals surface area contributed by atoms with Crippen LogP contribution >= 0.6 is 0 Å². The van der Waals surface area contributed by atoms with Crippen LogP contribution in [0, 0.1) is 5.92 Å². The molecular weight excluding hydrogens is 220 g/mol. The van der Waals surface area contributed by atoms with E-state index >= 15 is 0 Å². The Labute approximate surface area is 103 Å². The fourth-order valence-electron chi connectivity index (χ4n) is 1.23. The van der Waals surface area contributed by atoms with E-state index in [9.17, 15) is 9.59 Å². The lowest BCUT2D eigenvalue weighted by atomic mass is 10.1. The van der Waals surface area contributed by atoms with Crippen molar-refractivity contribution in [3.8, 4) is 0 Å². The third kappa shape index (κ3) is 7.55. The molecule has 0 spiro atoms. The highest BCUT2D eigenvalue weighted by molar-refractivity contribution is 5.76. The fraction of sp³-hybridized carbons (Fsp3) is 0.692. The van der Waals surface area contributed by atoms with Crippen LogP contribution in [0.25, 0.3) is 0 Å². The van der Waals surface area contributed by atoms with Gasteiger partial charge in [-0.1, -0.05) is 26.8 Å². The molecule has 0 aliphatic rings. The van der Waals surface area contributed by atoms with Gasteiger partial charge in [0.2, 0.25) is 0 Å². The van der Waals surface area contributed by atoms with Gasteiger partial charge in [-0.2, -0.15) is 0 Å². The van der Waals surface area contributed by atoms with Gasteiger partial charge in [0.1, 0.15) is 6.10 Å². The monoisotopic (exact) mass is 242 g/mol. The van der Waals surface area contributed by atoms with E-state index < -0.39 is 11.9 Å². The van der Waals surface area contributed by atoms with E-state index in [0.29, 0.717) is 5.92 Å². The first kappa shape index (κ1) is 15.7. The second kappa shape index (κ2) is 7.87. The molecule has 0 aliphatic carbocycles. The van der Waals surface area contributed by atoms with Crippen molar-refractivity contribution < 1.29 is 19.1 Å². The zero-order valence-corrected chi connectivity index (χ0v) is 11.3. The zero-order valence-electron chi connectivity index (χ0n) is 11.3. The average molecular weight is 242 g/mol. The molecule has 0 saturated carbocycles. The van der Waals surface area contributed by atoms with Crippen molar-refractivity contribution in [2.75, 3.05) is 6.61 Å². The molecule has 0 rings (SSSR count). The molecule has 0 saturated heterocycles. The second-order valence-corrected chi connectivity index (χ2v) is 4.30. The van der Waals surface area contributed by atoms with E-state index in [2.05, 4.69) is 18.6 Å². The van der Waals surface area contributed by atoms with Gasteiger partial charge in [-0.05, 0) is 25.3 Å². The van der Waals surface area contributed by atoms with Gasteiger partial charge in [-0.15, -0.1) is 0 Å². The van der Waals surface area contributed by atoms with Crippen LogP contribution in [0.15, 0.2) is 11.6 Å². The molecule has 0 aromatic rings. The Morgan fingerprint density at radius 3 is 2.24 bits per heavy atom. The Bertz CT molecular complexity index is 292. The van der Waals surface area contributed by atoms with Crippen LogP contribution in [0.3, 0.4) is 0 Å². The molecule has 0 aliphatic heterocycles. The van der Waals surface area contributed by atoms with Crippen LogP contribution < -0.4 is 0 Å². The van der Waals surface area contributed by atoms with Gasteiger partial charge in [-0.25, -0.2) is 4.79 Å². The van der Waals surface area contributed by atoms with Crippen LogP contribution in [-0.2, 0) is 19.1 Å². The lowest BCUT2D eigenvalue weighted by Crippen LogP contribution is -2.21. The Morgan fingerprint density at radius 2 is 1.76 bits per heavy atom. The Balaban J connectivity index is 4.08. The number of carbonyl (C=O) groups is 2. The number of allylic oxidation sites excluding steroid dienone is 1.